The lowest BCUT2D eigenvalue weighted by molar-refractivity contribution is -0.134. The van der Waals surface area contributed by atoms with Crippen LogP contribution >= 0.6 is 11.3 Å². The lowest BCUT2D eigenvalue weighted by Crippen LogP contribution is -2.42. The number of imide groups is 1. The largest absolute Gasteiger partial charge is 0.493 e. The molecule has 11 rings (SSSR count). The van der Waals surface area contributed by atoms with Crippen LogP contribution in [0.15, 0.2) is 91.0 Å². The van der Waals surface area contributed by atoms with Gasteiger partial charge in [0.05, 0.1) is 40.5 Å². The van der Waals surface area contributed by atoms with Crippen LogP contribution in [0.4, 0.5) is 16.6 Å². The maximum absolute atomic E-state index is 13.7. The number of benzene rings is 4. The minimum Gasteiger partial charge on any atom is -0.493 e. The second-order valence-corrected chi connectivity index (χ2v) is 20.9. The molecular weight excluding hydrogens is 931 g/mol. The molecule has 2 saturated heterocycles. The number of piperidine rings is 2. The van der Waals surface area contributed by atoms with Gasteiger partial charge in [-0.05, 0) is 153 Å². The number of nitrogens with zero attached hydrogens (tertiary/aromatic N) is 6. The van der Waals surface area contributed by atoms with Gasteiger partial charge in [0.15, 0.2) is 10.8 Å². The van der Waals surface area contributed by atoms with Gasteiger partial charge in [0, 0.05) is 48.8 Å². The highest BCUT2D eigenvalue weighted by Crippen LogP contribution is 2.49. The number of carbonyl (C=O) groups is 5. The highest BCUT2D eigenvalue weighted by Gasteiger charge is 2.42. The normalized spacial score (nSPS) is 18.8. The smallest absolute Gasteiger partial charge is 0.355 e. The van der Waals surface area contributed by atoms with Crippen LogP contribution in [0.1, 0.15) is 94.1 Å². The molecule has 1 aliphatic carbocycles. The van der Waals surface area contributed by atoms with Crippen molar-refractivity contribution in [2.24, 2.45) is 18.4 Å². The first kappa shape index (κ1) is 46.9. The molecule has 4 N–H and O–H groups in total. The number of likely N-dealkylation sites (tertiary alicyclic amines) is 1. The van der Waals surface area contributed by atoms with Crippen LogP contribution in [0.3, 0.4) is 0 Å². The number of ether oxygens (including phenoxy) is 1. The standard InChI is InChI=1S/C55H55N9O7S/c1-32-36(37-15-17-46(58-50(37)53(69)70)64-24-20-34-7-5-9-38(41(34)29-64)51(67)60-54-57-42-10-3-4-12-45(42)72-54)8-6-11-44(32)71-31-33-19-21-55(28-33)22-25-63(26-23-55)30-48(66)56-35-13-14-39-43(27-35)62(2)61-49(39)40-16-18-47(65)59-52(40)68/h3-15,17,27,33,40H,16,18-26,28-31H2,1-2H3,(H,56,66)(H,69,70)(H,57,60,67)(H,59,65,68)/t33-,40-/m1/s1. The number of nitrogens with one attached hydrogen (secondary N) is 3. The first-order valence-electron chi connectivity index (χ1n) is 24.7. The molecule has 17 heteroatoms. The van der Waals surface area contributed by atoms with Gasteiger partial charge in [0.2, 0.25) is 17.7 Å². The maximum Gasteiger partial charge on any atom is 0.355 e. The minimum absolute atomic E-state index is 0.0461. The SMILES string of the molecule is Cc1c(OC[C@@H]2CCC3(CCN(CC(=O)Nc4ccc5c([C@H]6CCC(=O)NC6=O)nn(C)c5c4)CC3)C2)cccc1-c1ccc(N2CCc3cccc(C(=O)Nc4nc5ccccc5s4)c3C2)nc1C(=O)O. The zero-order chi connectivity index (χ0) is 49.7. The Morgan fingerprint density at radius 2 is 1.72 bits per heavy atom. The first-order chi connectivity index (χ1) is 34.9. The van der Waals surface area contributed by atoms with Crippen LogP contribution in [-0.4, -0.2) is 92.1 Å². The Balaban J connectivity index is 0.690. The quantitative estimate of drug-likeness (QED) is 0.0853. The second-order valence-electron chi connectivity index (χ2n) is 19.8. The van der Waals surface area contributed by atoms with Crippen LogP contribution in [0.2, 0.25) is 0 Å². The molecule has 0 radical (unpaired) electrons. The number of carboxylic acids is 1. The molecule has 16 nitrogen and oxygen atoms in total. The van der Waals surface area contributed by atoms with Crippen molar-refractivity contribution in [1.29, 1.82) is 0 Å². The number of amides is 4. The molecule has 1 saturated carbocycles. The van der Waals surface area contributed by atoms with Crippen molar-refractivity contribution in [3.63, 3.8) is 0 Å². The van der Waals surface area contributed by atoms with Gasteiger partial charge in [-0.15, -0.1) is 0 Å². The van der Waals surface area contributed by atoms with E-state index in [-0.39, 0.29) is 41.2 Å². The summed E-state index contributed by atoms with van der Waals surface area (Å²) in [7, 11) is 1.81. The van der Waals surface area contributed by atoms with E-state index in [4.69, 9.17) is 9.72 Å². The summed E-state index contributed by atoms with van der Waals surface area (Å²) in [5.74, 6) is -0.904. The Hall–Kier alpha value is -7.50. The molecular formula is C55H55N9O7S. The molecule has 7 aromatic rings. The molecule has 4 aliphatic rings. The molecule has 1 spiro atoms. The van der Waals surface area contributed by atoms with Crippen molar-refractivity contribution in [2.75, 3.05) is 48.3 Å². The summed E-state index contributed by atoms with van der Waals surface area (Å²) < 4.78 is 9.25. The predicted molar refractivity (Wildman–Crippen MR) is 276 cm³/mol. The van der Waals surface area contributed by atoms with Gasteiger partial charge in [-0.3, -0.25) is 39.4 Å². The Bertz CT molecular complexity index is 3290. The number of rotatable bonds is 12. The number of pyridine rings is 1. The first-order valence-corrected chi connectivity index (χ1v) is 25.5. The summed E-state index contributed by atoms with van der Waals surface area (Å²) in [6, 6.07) is 28.6. The number of carbonyl (C=O) groups excluding carboxylic acids is 4. The number of hydrogen-bond acceptors (Lipinski definition) is 12. The average Bonchev–Trinajstić information content (AvgIpc) is 4.08. The minimum atomic E-state index is -1.13. The molecule has 4 amide bonds. The second kappa shape index (κ2) is 19.3. The third-order valence-corrected chi connectivity index (χ3v) is 16.3. The topological polar surface area (TPSA) is 201 Å². The van der Waals surface area contributed by atoms with Crippen molar-refractivity contribution in [2.45, 2.75) is 70.8 Å². The number of thiazole rings is 1. The maximum atomic E-state index is 13.7. The van der Waals surface area contributed by atoms with Crippen molar-refractivity contribution in [3.8, 4) is 16.9 Å². The summed E-state index contributed by atoms with van der Waals surface area (Å²) in [6.07, 6.45) is 6.64. The Kier molecular flexibility index (Phi) is 12.5. The fraction of sp³-hybridized carbons (Fsp3) is 0.345. The van der Waals surface area contributed by atoms with Gasteiger partial charge in [0.1, 0.15) is 11.6 Å². The molecule has 4 aromatic carbocycles. The van der Waals surface area contributed by atoms with Crippen LogP contribution in [-0.2, 0) is 34.4 Å². The van der Waals surface area contributed by atoms with Crippen LogP contribution in [0.5, 0.6) is 5.75 Å². The molecule has 3 aliphatic heterocycles. The van der Waals surface area contributed by atoms with E-state index < -0.39 is 11.9 Å². The lowest BCUT2D eigenvalue weighted by Gasteiger charge is -2.39. The molecule has 3 fully saturated rings. The molecule has 6 heterocycles. The summed E-state index contributed by atoms with van der Waals surface area (Å²) in [6.45, 7) is 5.52. The Morgan fingerprint density at radius 3 is 2.54 bits per heavy atom. The monoisotopic (exact) mass is 985 g/mol. The fourth-order valence-electron chi connectivity index (χ4n) is 11.4. The van der Waals surface area contributed by atoms with E-state index in [0.717, 1.165) is 94.3 Å². The van der Waals surface area contributed by atoms with Crippen LogP contribution in [0, 0.1) is 18.3 Å². The Labute approximate surface area is 419 Å². The summed E-state index contributed by atoms with van der Waals surface area (Å²) in [4.78, 5) is 77.7. The molecule has 0 unspecified atom stereocenters. The van der Waals surface area contributed by atoms with Crippen molar-refractivity contribution >= 4 is 78.7 Å². The number of para-hydroxylation sites is 1. The summed E-state index contributed by atoms with van der Waals surface area (Å²) >= 11 is 1.43. The third kappa shape index (κ3) is 9.29. The van der Waals surface area contributed by atoms with Crippen LogP contribution in [0.25, 0.3) is 32.2 Å². The van der Waals surface area contributed by atoms with Gasteiger partial charge in [-0.2, -0.15) is 5.10 Å². The average molecular weight is 986 g/mol. The lowest BCUT2D eigenvalue weighted by atomic mass is 9.76. The van der Waals surface area contributed by atoms with E-state index in [1.54, 1.807) is 4.68 Å². The molecule has 3 aromatic heterocycles. The van der Waals surface area contributed by atoms with Gasteiger partial charge in [0.25, 0.3) is 5.91 Å². The molecule has 368 valence electrons. The van der Waals surface area contributed by atoms with Crippen molar-refractivity contribution < 1.29 is 33.8 Å². The number of carboxylic acid groups (broad SMARTS) is 1. The zero-order valence-corrected chi connectivity index (χ0v) is 41.0. The zero-order valence-electron chi connectivity index (χ0n) is 40.2. The van der Waals surface area contributed by atoms with Crippen molar-refractivity contribution in [3.05, 3.63) is 125 Å². The van der Waals surface area contributed by atoms with Crippen LogP contribution < -0.4 is 25.6 Å². The Morgan fingerprint density at radius 1 is 0.889 bits per heavy atom. The third-order valence-electron chi connectivity index (χ3n) is 15.3. The number of anilines is 3. The summed E-state index contributed by atoms with van der Waals surface area (Å²) in [5.41, 5.74) is 7.72. The molecule has 2 atom stereocenters. The summed E-state index contributed by atoms with van der Waals surface area (Å²) in [5, 5.41) is 25.0. The highest BCUT2D eigenvalue weighted by molar-refractivity contribution is 7.22. The predicted octanol–water partition coefficient (Wildman–Crippen LogP) is 8.49. The highest BCUT2D eigenvalue weighted by atomic mass is 32.1. The van der Waals surface area contributed by atoms with E-state index in [0.29, 0.717) is 78.5 Å². The number of aromatic carboxylic acids is 1. The van der Waals surface area contributed by atoms with Gasteiger partial charge < -0.3 is 20.1 Å². The number of aromatic nitrogens is 4. The fourth-order valence-corrected chi connectivity index (χ4v) is 12.3. The van der Waals surface area contributed by atoms with E-state index in [1.807, 2.05) is 110 Å². The van der Waals surface area contributed by atoms with E-state index in [2.05, 4.69) is 30.9 Å². The number of aryl methyl sites for hydroxylation is 1. The van der Waals surface area contributed by atoms with E-state index >= 15 is 0 Å². The number of fused-ring (bicyclic) bond motifs is 3. The van der Waals surface area contributed by atoms with Gasteiger partial charge in [-0.25, -0.2) is 14.8 Å². The molecule has 0 bridgehead atoms. The van der Waals surface area contributed by atoms with E-state index in [9.17, 15) is 29.1 Å². The van der Waals surface area contributed by atoms with Gasteiger partial charge in [-0.1, -0.05) is 47.7 Å². The van der Waals surface area contributed by atoms with Gasteiger partial charge >= 0.3 is 5.97 Å². The van der Waals surface area contributed by atoms with E-state index in [1.165, 1.54) is 11.3 Å². The molecule has 72 heavy (non-hydrogen) atoms. The van der Waals surface area contributed by atoms with Crippen molar-refractivity contribution in [1.82, 2.24) is 30.0 Å². The number of hydrogen-bond donors (Lipinski definition) is 4.